The number of amides is 2. The van der Waals surface area contributed by atoms with Gasteiger partial charge in [0, 0.05) is 30.7 Å². The zero-order valence-corrected chi connectivity index (χ0v) is 12.2. The fourth-order valence-corrected chi connectivity index (χ4v) is 3.07. The molecule has 1 aromatic rings. The molecule has 2 amide bonds. The average molecular weight is 297 g/mol. The summed E-state index contributed by atoms with van der Waals surface area (Å²) < 4.78 is 11.1. The number of carbonyl (C=O) groups excluding carboxylic acids is 1. The van der Waals surface area contributed by atoms with E-state index in [1.54, 1.807) is 18.1 Å². The third-order valence-corrected chi connectivity index (χ3v) is 4.13. The van der Waals surface area contributed by atoms with E-state index < -0.39 is 5.72 Å². The molecule has 6 heteroatoms. The molecule has 1 fully saturated rings. The molecule has 0 radical (unpaired) electrons. The normalized spacial score (nSPS) is 27.6. The van der Waals surface area contributed by atoms with Crippen LogP contribution in [0, 0.1) is 0 Å². The summed E-state index contributed by atoms with van der Waals surface area (Å²) in [5.74, 6) is 0.735. The van der Waals surface area contributed by atoms with Crippen LogP contribution in [0.1, 0.15) is 24.9 Å². The van der Waals surface area contributed by atoms with E-state index in [0.29, 0.717) is 24.6 Å². The van der Waals surface area contributed by atoms with Crippen LogP contribution in [0.3, 0.4) is 0 Å². The van der Waals surface area contributed by atoms with Crippen molar-refractivity contribution in [2.45, 2.75) is 25.1 Å². The van der Waals surface area contributed by atoms with Crippen molar-refractivity contribution >= 4 is 17.6 Å². The lowest BCUT2D eigenvalue weighted by molar-refractivity contribution is -0.0892. The maximum atomic E-state index is 12.2. The fraction of sp³-hybridized carbons (Fsp3) is 0.500. The first-order valence-corrected chi connectivity index (χ1v) is 6.97. The number of hydrogen-bond acceptors (Lipinski definition) is 3. The molecule has 2 aliphatic heterocycles. The summed E-state index contributed by atoms with van der Waals surface area (Å²) in [4.78, 5) is 13.9. The Morgan fingerprint density at radius 1 is 1.60 bits per heavy atom. The molecule has 2 bridgehead atoms. The van der Waals surface area contributed by atoms with Crippen molar-refractivity contribution in [1.29, 1.82) is 0 Å². The Kier molecular flexibility index (Phi) is 3.26. The number of urea groups is 1. The average Bonchev–Trinajstić information content (AvgIpc) is 2.37. The number of ether oxygens (including phenoxy) is 2. The van der Waals surface area contributed by atoms with Gasteiger partial charge in [-0.25, -0.2) is 4.79 Å². The number of benzene rings is 1. The largest absolute Gasteiger partial charge is 0.468 e. The second-order valence-electron chi connectivity index (χ2n) is 5.31. The van der Waals surface area contributed by atoms with Crippen LogP contribution in [0.2, 0.25) is 5.02 Å². The summed E-state index contributed by atoms with van der Waals surface area (Å²) in [6.45, 7) is 2.89. The van der Waals surface area contributed by atoms with Gasteiger partial charge in [-0.05, 0) is 19.1 Å². The predicted octanol–water partition coefficient (Wildman–Crippen LogP) is 2.55. The van der Waals surface area contributed by atoms with Crippen molar-refractivity contribution in [3.63, 3.8) is 0 Å². The molecular formula is C14H17ClN2O3. The zero-order valence-electron chi connectivity index (χ0n) is 11.5. The standard InChI is InChI=1S/C14H17ClN2O3/c1-14-8-11(16-13(18)17(14)5-6-19-2)10-4-3-9(15)7-12(10)20-14/h3-4,7,11H,5-6,8H2,1-2H3,(H,16,18). The fourth-order valence-electron chi connectivity index (χ4n) is 2.91. The summed E-state index contributed by atoms with van der Waals surface area (Å²) >= 11 is 6.03. The molecule has 2 atom stereocenters. The number of halogens is 1. The minimum absolute atomic E-state index is 0.0349. The molecule has 108 valence electrons. The number of carbonyl (C=O) groups is 1. The topological polar surface area (TPSA) is 50.8 Å². The predicted molar refractivity (Wildman–Crippen MR) is 75.0 cm³/mol. The van der Waals surface area contributed by atoms with E-state index in [1.165, 1.54) is 0 Å². The summed E-state index contributed by atoms with van der Waals surface area (Å²) in [5.41, 5.74) is 0.315. The Bertz CT molecular complexity index is 551. The monoisotopic (exact) mass is 296 g/mol. The third-order valence-electron chi connectivity index (χ3n) is 3.90. The third kappa shape index (κ3) is 2.11. The maximum absolute atomic E-state index is 12.2. The van der Waals surface area contributed by atoms with Crippen LogP contribution in [0.15, 0.2) is 18.2 Å². The minimum atomic E-state index is -0.663. The van der Waals surface area contributed by atoms with Gasteiger partial charge < -0.3 is 14.8 Å². The molecule has 1 N–H and O–H groups in total. The molecule has 1 aromatic carbocycles. The molecule has 20 heavy (non-hydrogen) atoms. The second-order valence-corrected chi connectivity index (χ2v) is 5.75. The highest BCUT2D eigenvalue weighted by Gasteiger charge is 2.48. The molecule has 0 spiro atoms. The highest BCUT2D eigenvalue weighted by molar-refractivity contribution is 6.30. The highest BCUT2D eigenvalue weighted by Crippen LogP contribution is 2.44. The lowest BCUT2D eigenvalue weighted by atomic mass is 9.90. The van der Waals surface area contributed by atoms with E-state index in [1.807, 2.05) is 19.1 Å². The Hall–Kier alpha value is -1.46. The van der Waals surface area contributed by atoms with Gasteiger partial charge in [-0.1, -0.05) is 17.7 Å². The smallest absolute Gasteiger partial charge is 0.321 e. The quantitative estimate of drug-likeness (QED) is 0.932. The van der Waals surface area contributed by atoms with Crippen LogP contribution in [-0.2, 0) is 4.74 Å². The van der Waals surface area contributed by atoms with Gasteiger partial charge in [-0.2, -0.15) is 0 Å². The first-order chi connectivity index (χ1) is 9.53. The molecule has 5 nitrogen and oxygen atoms in total. The van der Waals surface area contributed by atoms with E-state index in [9.17, 15) is 4.79 Å². The number of rotatable bonds is 3. The van der Waals surface area contributed by atoms with Crippen LogP contribution in [0.5, 0.6) is 5.75 Å². The number of nitrogens with zero attached hydrogens (tertiary/aromatic N) is 1. The van der Waals surface area contributed by atoms with Gasteiger partial charge in [-0.3, -0.25) is 4.90 Å². The first-order valence-electron chi connectivity index (χ1n) is 6.59. The summed E-state index contributed by atoms with van der Waals surface area (Å²) in [6.07, 6.45) is 0.705. The molecule has 2 unspecified atom stereocenters. The molecule has 1 saturated heterocycles. The van der Waals surface area contributed by atoms with Gasteiger partial charge in [0.05, 0.1) is 12.6 Å². The zero-order chi connectivity index (χ0) is 14.3. The number of nitrogens with one attached hydrogen (secondary N) is 1. The lowest BCUT2D eigenvalue weighted by Crippen LogP contribution is -2.65. The van der Waals surface area contributed by atoms with Crippen molar-refractivity contribution < 1.29 is 14.3 Å². The molecular weight excluding hydrogens is 280 g/mol. The summed E-state index contributed by atoms with van der Waals surface area (Å²) in [7, 11) is 1.61. The number of methoxy groups -OCH3 is 1. The first kappa shape index (κ1) is 13.5. The Morgan fingerprint density at radius 2 is 2.40 bits per heavy atom. The minimum Gasteiger partial charge on any atom is -0.468 e. The highest BCUT2D eigenvalue weighted by atomic mass is 35.5. The van der Waals surface area contributed by atoms with Gasteiger partial charge in [0.2, 0.25) is 0 Å². The van der Waals surface area contributed by atoms with Crippen molar-refractivity contribution in [2.75, 3.05) is 20.3 Å². The molecule has 0 saturated carbocycles. The second kappa shape index (κ2) is 4.82. The van der Waals surface area contributed by atoms with Gasteiger partial charge in [0.1, 0.15) is 5.75 Å². The van der Waals surface area contributed by atoms with E-state index >= 15 is 0 Å². The van der Waals surface area contributed by atoms with Crippen LogP contribution >= 0.6 is 11.6 Å². The van der Waals surface area contributed by atoms with Crippen LogP contribution in [0.4, 0.5) is 4.79 Å². The van der Waals surface area contributed by atoms with Gasteiger partial charge in [0.25, 0.3) is 0 Å². The van der Waals surface area contributed by atoms with E-state index in [-0.39, 0.29) is 12.1 Å². The van der Waals surface area contributed by atoms with Crippen LogP contribution < -0.4 is 10.1 Å². The summed E-state index contributed by atoms with van der Waals surface area (Å²) in [5, 5.41) is 3.64. The lowest BCUT2D eigenvalue weighted by Gasteiger charge is -2.50. The van der Waals surface area contributed by atoms with Crippen molar-refractivity contribution in [1.82, 2.24) is 10.2 Å². The SMILES string of the molecule is COCCN1C(=O)NC2CC1(C)Oc1cc(Cl)ccc12. The summed E-state index contributed by atoms with van der Waals surface area (Å²) in [6, 6.07) is 5.37. The Balaban J connectivity index is 1.96. The van der Waals surface area contributed by atoms with Gasteiger partial charge in [0.15, 0.2) is 5.72 Å². The maximum Gasteiger partial charge on any atom is 0.321 e. The molecule has 0 aromatic heterocycles. The van der Waals surface area contributed by atoms with E-state index in [2.05, 4.69) is 5.32 Å². The molecule has 3 rings (SSSR count). The van der Waals surface area contributed by atoms with Crippen molar-refractivity contribution in [3.8, 4) is 5.75 Å². The van der Waals surface area contributed by atoms with Gasteiger partial charge >= 0.3 is 6.03 Å². The van der Waals surface area contributed by atoms with E-state index in [4.69, 9.17) is 21.1 Å². The molecule has 2 aliphatic rings. The van der Waals surface area contributed by atoms with Gasteiger partial charge in [-0.15, -0.1) is 0 Å². The van der Waals surface area contributed by atoms with Crippen molar-refractivity contribution in [3.05, 3.63) is 28.8 Å². The van der Waals surface area contributed by atoms with Crippen molar-refractivity contribution in [2.24, 2.45) is 0 Å². The van der Waals surface area contributed by atoms with E-state index in [0.717, 1.165) is 11.3 Å². The number of hydrogen-bond donors (Lipinski definition) is 1. The number of fused-ring (bicyclic) bond motifs is 4. The Labute approximate surface area is 122 Å². The molecule has 0 aliphatic carbocycles. The Morgan fingerprint density at radius 3 is 3.15 bits per heavy atom. The van der Waals surface area contributed by atoms with Crippen LogP contribution in [-0.4, -0.2) is 36.9 Å². The molecule has 2 heterocycles. The van der Waals surface area contributed by atoms with Crippen LogP contribution in [0.25, 0.3) is 0 Å².